The van der Waals surface area contributed by atoms with E-state index < -0.39 is 4.92 Å². The van der Waals surface area contributed by atoms with E-state index in [1.165, 1.54) is 12.1 Å². The van der Waals surface area contributed by atoms with E-state index in [9.17, 15) is 10.1 Å². The van der Waals surface area contributed by atoms with Gasteiger partial charge in [0.15, 0.2) is 10.2 Å². The summed E-state index contributed by atoms with van der Waals surface area (Å²) in [5.41, 5.74) is 0.656. The van der Waals surface area contributed by atoms with Gasteiger partial charge in [0, 0.05) is 17.7 Å². The molecule has 0 saturated heterocycles. The molecule has 0 saturated carbocycles. The van der Waals surface area contributed by atoms with Gasteiger partial charge in [0.25, 0.3) is 5.69 Å². The van der Waals surface area contributed by atoms with Gasteiger partial charge in [0.2, 0.25) is 0 Å². The number of aromatic nitrogens is 2. The topological polar surface area (TPSA) is 68.9 Å². The zero-order valence-electron chi connectivity index (χ0n) is 7.32. The van der Waals surface area contributed by atoms with E-state index in [4.69, 9.17) is 0 Å². The second-order valence-corrected chi connectivity index (χ2v) is 4.19. The number of nitrogens with zero attached hydrogens (tertiary/aromatic N) is 3. The molecule has 0 bridgehead atoms. The Labute approximate surface area is 94.5 Å². The van der Waals surface area contributed by atoms with Crippen molar-refractivity contribution in [3.63, 3.8) is 0 Å². The Hall–Kier alpha value is -1.47. The Morgan fingerprint density at radius 1 is 1.47 bits per heavy atom. The SMILES string of the molecule is O=[N+]([O-])c1cccc(-c2nsc(S)n2)c1. The summed E-state index contributed by atoms with van der Waals surface area (Å²) in [6, 6.07) is 6.20. The molecular formula is C8H5N3O2S2. The van der Waals surface area contributed by atoms with Crippen LogP contribution < -0.4 is 0 Å². The number of nitro groups is 1. The van der Waals surface area contributed by atoms with Gasteiger partial charge in [-0.2, -0.15) is 4.37 Å². The summed E-state index contributed by atoms with van der Waals surface area (Å²) in [6.45, 7) is 0. The number of benzene rings is 1. The number of rotatable bonds is 2. The van der Waals surface area contributed by atoms with Crippen molar-refractivity contribution >= 4 is 29.8 Å². The Morgan fingerprint density at radius 2 is 2.27 bits per heavy atom. The van der Waals surface area contributed by atoms with E-state index in [0.717, 1.165) is 11.5 Å². The summed E-state index contributed by atoms with van der Waals surface area (Å²) in [7, 11) is 0. The molecule has 0 aliphatic heterocycles. The largest absolute Gasteiger partial charge is 0.270 e. The molecule has 1 aromatic carbocycles. The molecule has 5 nitrogen and oxygen atoms in total. The molecule has 0 amide bonds. The summed E-state index contributed by atoms with van der Waals surface area (Å²) in [5, 5.41) is 10.5. The van der Waals surface area contributed by atoms with E-state index in [1.54, 1.807) is 12.1 Å². The lowest BCUT2D eigenvalue weighted by Gasteiger charge is -1.94. The molecule has 0 fully saturated rings. The molecule has 0 radical (unpaired) electrons. The molecule has 7 heteroatoms. The van der Waals surface area contributed by atoms with Gasteiger partial charge in [-0.25, -0.2) is 4.98 Å². The van der Waals surface area contributed by atoms with Crippen LogP contribution >= 0.6 is 24.2 Å². The summed E-state index contributed by atoms with van der Waals surface area (Å²) >= 11 is 5.18. The fourth-order valence-corrected chi connectivity index (χ4v) is 1.75. The molecule has 15 heavy (non-hydrogen) atoms. The maximum absolute atomic E-state index is 10.5. The van der Waals surface area contributed by atoms with Gasteiger partial charge >= 0.3 is 0 Å². The van der Waals surface area contributed by atoms with Crippen molar-refractivity contribution in [3.8, 4) is 11.4 Å². The Morgan fingerprint density at radius 3 is 2.87 bits per heavy atom. The van der Waals surface area contributed by atoms with Crippen LogP contribution in [0, 0.1) is 10.1 Å². The van der Waals surface area contributed by atoms with Crippen LogP contribution in [-0.4, -0.2) is 14.3 Å². The average Bonchev–Trinajstić information content (AvgIpc) is 2.65. The molecule has 0 atom stereocenters. The smallest absolute Gasteiger partial charge is 0.258 e. The lowest BCUT2D eigenvalue weighted by atomic mass is 10.2. The number of hydrogen-bond donors (Lipinski definition) is 1. The van der Waals surface area contributed by atoms with Crippen molar-refractivity contribution in [1.29, 1.82) is 0 Å². The highest BCUT2D eigenvalue weighted by Crippen LogP contribution is 2.23. The van der Waals surface area contributed by atoms with Crippen LogP contribution in [0.2, 0.25) is 0 Å². The van der Waals surface area contributed by atoms with E-state index in [-0.39, 0.29) is 5.69 Å². The number of thiol groups is 1. The molecule has 0 unspecified atom stereocenters. The van der Waals surface area contributed by atoms with Crippen LogP contribution in [0.15, 0.2) is 28.6 Å². The molecular weight excluding hydrogens is 234 g/mol. The fourth-order valence-electron chi connectivity index (χ4n) is 1.09. The molecule has 76 valence electrons. The number of nitro benzene ring substituents is 1. The van der Waals surface area contributed by atoms with Gasteiger partial charge in [-0.15, -0.1) is 12.6 Å². The molecule has 0 aliphatic carbocycles. The van der Waals surface area contributed by atoms with Crippen LogP contribution in [0.25, 0.3) is 11.4 Å². The molecule has 0 aliphatic rings. The van der Waals surface area contributed by atoms with Crippen molar-refractivity contribution in [2.45, 2.75) is 4.34 Å². The first-order valence-electron chi connectivity index (χ1n) is 3.94. The van der Waals surface area contributed by atoms with Crippen molar-refractivity contribution in [1.82, 2.24) is 9.36 Å². The Kier molecular flexibility index (Phi) is 2.65. The molecule has 2 rings (SSSR count). The third kappa shape index (κ3) is 2.13. The zero-order chi connectivity index (χ0) is 10.8. The normalized spacial score (nSPS) is 10.2. The minimum Gasteiger partial charge on any atom is -0.258 e. The van der Waals surface area contributed by atoms with Crippen molar-refractivity contribution in [2.24, 2.45) is 0 Å². The number of non-ortho nitro benzene ring substituents is 1. The number of hydrogen-bond acceptors (Lipinski definition) is 6. The Balaban J connectivity index is 2.45. The highest BCUT2D eigenvalue weighted by molar-refractivity contribution is 7.82. The molecule has 0 N–H and O–H groups in total. The lowest BCUT2D eigenvalue weighted by Crippen LogP contribution is -1.88. The second kappa shape index (κ2) is 3.95. The highest BCUT2D eigenvalue weighted by Gasteiger charge is 2.09. The van der Waals surface area contributed by atoms with Gasteiger partial charge in [-0.1, -0.05) is 12.1 Å². The third-order valence-electron chi connectivity index (χ3n) is 1.73. The summed E-state index contributed by atoms with van der Waals surface area (Å²) in [5.74, 6) is 0.466. The predicted octanol–water partition coefficient (Wildman–Crippen LogP) is 2.40. The van der Waals surface area contributed by atoms with Crippen LogP contribution in [0.5, 0.6) is 0 Å². The van der Waals surface area contributed by atoms with Gasteiger partial charge in [0.1, 0.15) is 0 Å². The molecule has 1 aromatic heterocycles. The highest BCUT2D eigenvalue weighted by atomic mass is 32.2. The van der Waals surface area contributed by atoms with Crippen LogP contribution in [-0.2, 0) is 0 Å². The molecule has 0 spiro atoms. The quantitative estimate of drug-likeness (QED) is 0.496. The maximum Gasteiger partial charge on any atom is 0.270 e. The van der Waals surface area contributed by atoms with E-state index in [2.05, 4.69) is 22.0 Å². The van der Waals surface area contributed by atoms with Crippen molar-refractivity contribution in [3.05, 3.63) is 34.4 Å². The zero-order valence-corrected chi connectivity index (χ0v) is 9.03. The first-order chi connectivity index (χ1) is 7.16. The van der Waals surface area contributed by atoms with E-state index in [0.29, 0.717) is 15.7 Å². The van der Waals surface area contributed by atoms with Gasteiger partial charge in [-0.3, -0.25) is 10.1 Å². The standard InChI is InChI=1S/C8H5N3O2S2/c12-11(13)6-3-1-2-5(4-6)7-9-8(14)15-10-7/h1-4H,(H,9,10,14). The fraction of sp³-hybridized carbons (Fsp3) is 0. The first kappa shape index (κ1) is 10.1. The third-order valence-corrected chi connectivity index (χ3v) is 2.59. The van der Waals surface area contributed by atoms with Crippen molar-refractivity contribution < 1.29 is 4.92 Å². The van der Waals surface area contributed by atoms with Crippen LogP contribution in [0.4, 0.5) is 5.69 Å². The van der Waals surface area contributed by atoms with Gasteiger partial charge in [0.05, 0.1) is 4.92 Å². The molecule has 1 heterocycles. The lowest BCUT2D eigenvalue weighted by molar-refractivity contribution is -0.384. The van der Waals surface area contributed by atoms with Gasteiger partial charge in [-0.05, 0) is 11.5 Å². The van der Waals surface area contributed by atoms with Crippen molar-refractivity contribution in [2.75, 3.05) is 0 Å². The summed E-state index contributed by atoms with van der Waals surface area (Å²) in [4.78, 5) is 14.1. The first-order valence-corrected chi connectivity index (χ1v) is 5.16. The van der Waals surface area contributed by atoms with Crippen LogP contribution in [0.1, 0.15) is 0 Å². The van der Waals surface area contributed by atoms with Crippen LogP contribution in [0.3, 0.4) is 0 Å². The monoisotopic (exact) mass is 239 g/mol. The average molecular weight is 239 g/mol. The maximum atomic E-state index is 10.5. The minimum atomic E-state index is -0.447. The Bertz CT molecular complexity index is 512. The second-order valence-electron chi connectivity index (χ2n) is 2.71. The molecule has 2 aromatic rings. The van der Waals surface area contributed by atoms with E-state index >= 15 is 0 Å². The minimum absolute atomic E-state index is 0.0306. The summed E-state index contributed by atoms with van der Waals surface area (Å²) in [6.07, 6.45) is 0. The van der Waals surface area contributed by atoms with Gasteiger partial charge < -0.3 is 0 Å². The van der Waals surface area contributed by atoms with E-state index in [1.807, 2.05) is 0 Å². The predicted molar refractivity (Wildman–Crippen MR) is 59.3 cm³/mol. The summed E-state index contributed by atoms with van der Waals surface area (Å²) < 4.78 is 4.56.